The summed E-state index contributed by atoms with van der Waals surface area (Å²) in [6.07, 6.45) is 3.44. The van der Waals surface area contributed by atoms with E-state index >= 15 is 0 Å². The van der Waals surface area contributed by atoms with Crippen LogP contribution in [0.15, 0.2) is 18.2 Å². The fourth-order valence-electron chi connectivity index (χ4n) is 2.30. The Morgan fingerprint density at radius 3 is 2.79 bits per heavy atom. The topological polar surface area (TPSA) is 61.5 Å². The van der Waals surface area contributed by atoms with Crippen molar-refractivity contribution in [1.29, 1.82) is 0 Å². The highest BCUT2D eigenvalue weighted by atomic mass is 19.1. The first-order valence-corrected chi connectivity index (χ1v) is 6.39. The Labute approximate surface area is 111 Å². The maximum Gasteiger partial charge on any atom is 0.338 e. The molecule has 0 aromatic heterocycles. The van der Waals surface area contributed by atoms with Crippen molar-refractivity contribution in [2.75, 3.05) is 12.8 Å². The van der Waals surface area contributed by atoms with Crippen LogP contribution in [0.3, 0.4) is 0 Å². The first-order valence-electron chi connectivity index (χ1n) is 6.39. The van der Waals surface area contributed by atoms with Gasteiger partial charge in [0.25, 0.3) is 0 Å². The van der Waals surface area contributed by atoms with Crippen molar-refractivity contribution in [2.45, 2.75) is 37.9 Å². The number of carbonyl (C=O) groups is 1. The summed E-state index contributed by atoms with van der Waals surface area (Å²) in [5.41, 5.74) is 5.57. The number of ether oxygens (including phenoxy) is 2. The molecule has 1 aliphatic carbocycles. The summed E-state index contributed by atoms with van der Waals surface area (Å²) in [4.78, 5) is 11.9. The number of anilines is 1. The first kappa shape index (κ1) is 13.8. The summed E-state index contributed by atoms with van der Waals surface area (Å²) < 4.78 is 23.9. The molecule has 1 aromatic rings. The quantitative estimate of drug-likeness (QED) is 0.675. The second-order valence-electron chi connectivity index (χ2n) is 4.79. The highest BCUT2D eigenvalue weighted by molar-refractivity contribution is 5.90. The number of nitrogens with two attached hydrogens (primary N) is 1. The van der Waals surface area contributed by atoms with Crippen LogP contribution < -0.4 is 5.73 Å². The van der Waals surface area contributed by atoms with Crippen LogP contribution in [0.1, 0.15) is 36.0 Å². The van der Waals surface area contributed by atoms with Gasteiger partial charge in [-0.25, -0.2) is 9.18 Å². The number of halogens is 1. The van der Waals surface area contributed by atoms with Gasteiger partial charge in [0.2, 0.25) is 0 Å². The van der Waals surface area contributed by atoms with E-state index in [9.17, 15) is 9.18 Å². The Kier molecular flexibility index (Phi) is 4.37. The van der Waals surface area contributed by atoms with Crippen molar-refractivity contribution in [2.24, 2.45) is 0 Å². The molecule has 2 rings (SSSR count). The SMILES string of the molecule is COC1CCCC(OC(=O)c2ccc(N)c(F)c2)C1. The number of nitrogen functional groups attached to an aromatic ring is 1. The van der Waals surface area contributed by atoms with E-state index in [1.54, 1.807) is 7.11 Å². The summed E-state index contributed by atoms with van der Waals surface area (Å²) in [5, 5.41) is 0. The summed E-state index contributed by atoms with van der Waals surface area (Å²) in [6, 6.07) is 3.94. The molecule has 0 saturated heterocycles. The lowest BCUT2D eigenvalue weighted by Gasteiger charge is -2.27. The molecule has 0 spiro atoms. The average molecular weight is 267 g/mol. The molecule has 0 aliphatic heterocycles. The molecule has 2 N–H and O–H groups in total. The molecule has 1 aromatic carbocycles. The molecule has 1 saturated carbocycles. The number of carbonyl (C=O) groups excluding carboxylic acids is 1. The Morgan fingerprint density at radius 2 is 2.11 bits per heavy atom. The van der Waals surface area contributed by atoms with Crippen LogP contribution in [0.2, 0.25) is 0 Å². The van der Waals surface area contributed by atoms with Crippen molar-refractivity contribution >= 4 is 11.7 Å². The number of methoxy groups -OCH3 is 1. The minimum absolute atomic E-state index is 0.0219. The van der Waals surface area contributed by atoms with Crippen molar-refractivity contribution in [3.63, 3.8) is 0 Å². The van der Waals surface area contributed by atoms with E-state index in [4.69, 9.17) is 15.2 Å². The summed E-state index contributed by atoms with van der Waals surface area (Å²) >= 11 is 0. The minimum Gasteiger partial charge on any atom is -0.459 e. The third kappa shape index (κ3) is 3.44. The van der Waals surface area contributed by atoms with E-state index in [1.807, 2.05) is 0 Å². The molecule has 2 unspecified atom stereocenters. The molecule has 1 fully saturated rings. The second kappa shape index (κ2) is 6.02. The highest BCUT2D eigenvalue weighted by Gasteiger charge is 2.25. The van der Waals surface area contributed by atoms with E-state index in [2.05, 4.69) is 0 Å². The van der Waals surface area contributed by atoms with Crippen molar-refractivity contribution in [3.05, 3.63) is 29.6 Å². The fourth-order valence-corrected chi connectivity index (χ4v) is 2.30. The van der Waals surface area contributed by atoms with Gasteiger partial charge in [-0.05, 0) is 37.5 Å². The lowest BCUT2D eigenvalue weighted by atomic mass is 9.95. The maximum atomic E-state index is 13.3. The van der Waals surface area contributed by atoms with E-state index in [1.165, 1.54) is 12.1 Å². The van der Waals surface area contributed by atoms with E-state index in [0.717, 1.165) is 25.3 Å². The van der Waals surface area contributed by atoms with Crippen LogP contribution in [0.5, 0.6) is 0 Å². The minimum atomic E-state index is -0.604. The molecule has 5 heteroatoms. The zero-order valence-corrected chi connectivity index (χ0v) is 10.9. The highest BCUT2D eigenvalue weighted by Crippen LogP contribution is 2.24. The molecule has 104 valence electrons. The third-order valence-electron chi connectivity index (χ3n) is 3.42. The normalized spacial score (nSPS) is 23.1. The van der Waals surface area contributed by atoms with Gasteiger partial charge in [0.1, 0.15) is 11.9 Å². The largest absolute Gasteiger partial charge is 0.459 e. The Bertz CT molecular complexity index is 464. The smallest absolute Gasteiger partial charge is 0.338 e. The van der Waals surface area contributed by atoms with Gasteiger partial charge in [0.15, 0.2) is 0 Å². The summed E-state index contributed by atoms with van der Waals surface area (Å²) in [5.74, 6) is -1.12. The lowest BCUT2D eigenvalue weighted by molar-refractivity contribution is -0.0149. The molecule has 0 radical (unpaired) electrons. The molecule has 19 heavy (non-hydrogen) atoms. The van der Waals surface area contributed by atoms with Gasteiger partial charge in [-0.1, -0.05) is 0 Å². The molecule has 0 bridgehead atoms. The Balaban J connectivity index is 1.98. The van der Waals surface area contributed by atoms with Crippen LogP contribution in [0.4, 0.5) is 10.1 Å². The predicted molar refractivity (Wildman–Crippen MR) is 69.3 cm³/mol. The molecule has 0 amide bonds. The summed E-state index contributed by atoms with van der Waals surface area (Å²) in [7, 11) is 1.66. The fraction of sp³-hybridized carbons (Fsp3) is 0.500. The van der Waals surface area contributed by atoms with Crippen LogP contribution in [0.25, 0.3) is 0 Å². The standard InChI is InChI=1S/C14H18FNO3/c1-18-10-3-2-4-11(8-10)19-14(17)9-5-6-13(16)12(15)7-9/h5-7,10-11H,2-4,8,16H2,1H3. The predicted octanol–water partition coefficient (Wildman–Crippen LogP) is 2.52. The van der Waals surface area contributed by atoms with Crippen molar-refractivity contribution < 1.29 is 18.7 Å². The zero-order chi connectivity index (χ0) is 13.8. The van der Waals surface area contributed by atoms with Gasteiger partial charge in [0.05, 0.1) is 17.4 Å². The number of hydrogen-bond acceptors (Lipinski definition) is 4. The second-order valence-corrected chi connectivity index (χ2v) is 4.79. The molecule has 1 aliphatic rings. The number of benzene rings is 1. The van der Waals surface area contributed by atoms with Crippen LogP contribution in [-0.2, 0) is 9.47 Å². The van der Waals surface area contributed by atoms with Gasteiger partial charge >= 0.3 is 5.97 Å². The third-order valence-corrected chi connectivity index (χ3v) is 3.42. The van der Waals surface area contributed by atoms with E-state index < -0.39 is 11.8 Å². The lowest BCUT2D eigenvalue weighted by Crippen LogP contribution is -2.29. The Morgan fingerprint density at radius 1 is 1.37 bits per heavy atom. The molecule has 2 atom stereocenters. The Hall–Kier alpha value is -1.62. The van der Waals surface area contributed by atoms with Crippen LogP contribution >= 0.6 is 0 Å². The van der Waals surface area contributed by atoms with Gasteiger partial charge in [-0.15, -0.1) is 0 Å². The summed E-state index contributed by atoms with van der Waals surface area (Å²) in [6.45, 7) is 0. The number of esters is 1. The van der Waals surface area contributed by atoms with Gasteiger partial charge in [0, 0.05) is 13.5 Å². The maximum absolute atomic E-state index is 13.3. The van der Waals surface area contributed by atoms with Crippen LogP contribution in [-0.4, -0.2) is 25.3 Å². The van der Waals surface area contributed by atoms with Crippen molar-refractivity contribution in [1.82, 2.24) is 0 Å². The van der Waals surface area contributed by atoms with Crippen LogP contribution in [0, 0.1) is 5.82 Å². The average Bonchev–Trinajstić information content (AvgIpc) is 2.42. The van der Waals surface area contributed by atoms with E-state index in [0.29, 0.717) is 6.42 Å². The molecule has 0 heterocycles. The van der Waals surface area contributed by atoms with Gasteiger partial charge in [-0.3, -0.25) is 0 Å². The molecule has 4 nitrogen and oxygen atoms in total. The van der Waals surface area contributed by atoms with Gasteiger partial charge < -0.3 is 15.2 Å². The number of rotatable bonds is 3. The van der Waals surface area contributed by atoms with Crippen molar-refractivity contribution in [3.8, 4) is 0 Å². The zero-order valence-electron chi connectivity index (χ0n) is 10.9. The van der Waals surface area contributed by atoms with E-state index in [-0.39, 0.29) is 23.5 Å². The first-order chi connectivity index (χ1) is 9.10. The monoisotopic (exact) mass is 267 g/mol. The molecular formula is C14H18FNO3. The molecular weight excluding hydrogens is 249 g/mol. The van der Waals surface area contributed by atoms with Gasteiger partial charge in [-0.2, -0.15) is 0 Å². The number of hydrogen-bond donors (Lipinski definition) is 1.